The van der Waals surface area contributed by atoms with Crippen molar-refractivity contribution in [3.8, 4) is 0 Å². The van der Waals surface area contributed by atoms with Gasteiger partial charge in [-0.15, -0.1) is 0 Å². The molecule has 2 rings (SSSR count). The number of hydrogen-bond acceptors (Lipinski definition) is 4. The van der Waals surface area contributed by atoms with Crippen LogP contribution in [0.3, 0.4) is 0 Å². The van der Waals surface area contributed by atoms with Crippen LogP contribution in [0.5, 0.6) is 0 Å². The van der Waals surface area contributed by atoms with Crippen LogP contribution in [0.4, 0.5) is 5.69 Å². The number of carbonyl (C=O) groups is 1. The first kappa shape index (κ1) is 16.3. The SMILES string of the molecule is CCc1nc2c(N)cccc2n1C(C)C(=O)OCCC(C)C. The van der Waals surface area contributed by atoms with Crippen molar-refractivity contribution in [2.45, 2.75) is 46.6 Å². The zero-order valence-corrected chi connectivity index (χ0v) is 13.8. The van der Waals surface area contributed by atoms with Gasteiger partial charge in [-0.25, -0.2) is 9.78 Å². The number of carbonyl (C=O) groups excluding carboxylic acids is 1. The van der Waals surface area contributed by atoms with Crippen LogP contribution in [0.2, 0.25) is 0 Å². The average molecular weight is 303 g/mol. The van der Waals surface area contributed by atoms with Gasteiger partial charge >= 0.3 is 5.97 Å². The summed E-state index contributed by atoms with van der Waals surface area (Å²) in [5.74, 6) is 1.14. The number of nitrogens with zero attached hydrogens (tertiary/aromatic N) is 2. The second kappa shape index (κ2) is 6.81. The summed E-state index contributed by atoms with van der Waals surface area (Å²) >= 11 is 0. The predicted octanol–water partition coefficient (Wildman–Crippen LogP) is 3.33. The van der Waals surface area contributed by atoms with Gasteiger partial charge in [0, 0.05) is 6.42 Å². The van der Waals surface area contributed by atoms with Crippen molar-refractivity contribution in [1.29, 1.82) is 0 Å². The van der Waals surface area contributed by atoms with Crippen molar-refractivity contribution in [3.63, 3.8) is 0 Å². The van der Waals surface area contributed by atoms with E-state index in [2.05, 4.69) is 18.8 Å². The number of esters is 1. The van der Waals surface area contributed by atoms with E-state index in [0.717, 1.165) is 29.7 Å². The standard InChI is InChI=1S/C17H25N3O2/c1-5-15-19-16-13(18)7-6-8-14(16)20(15)12(4)17(21)22-10-9-11(2)3/h6-8,11-12H,5,9-10,18H2,1-4H3. The fraction of sp³-hybridized carbons (Fsp3) is 0.529. The maximum Gasteiger partial charge on any atom is 0.328 e. The number of aryl methyl sites for hydroxylation is 1. The molecule has 0 amide bonds. The molecular formula is C17H25N3O2. The monoisotopic (exact) mass is 303 g/mol. The highest BCUT2D eigenvalue weighted by atomic mass is 16.5. The number of hydrogen-bond donors (Lipinski definition) is 1. The molecule has 0 aliphatic carbocycles. The van der Waals surface area contributed by atoms with E-state index in [9.17, 15) is 4.79 Å². The zero-order valence-electron chi connectivity index (χ0n) is 13.8. The third-order valence-electron chi connectivity index (χ3n) is 3.81. The Hall–Kier alpha value is -2.04. The molecule has 1 aromatic heterocycles. The first-order valence-electron chi connectivity index (χ1n) is 7.87. The first-order valence-corrected chi connectivity index (χ1v) is 7.87. The highest BCUT2D eigenvalue weighted by Gasteiger charge is 2.22. The molecule has 0 bridgehead atoms. The van der Waals surface area contributed by atoms with Crippen LogP contribution in [0, 0.1) is 5.92 Å². The smallest absolute Gasteiger partial charge is 0.328 e. The van der Waals surface area contributed by atoms with E-state index >= 15 is 0 Å². The number of imidazole rings is 1. The number of nitrogen functional groups attached to an aromatic ring is 1. The molecule has 0 fully saturated rings. The lowest BCUT2D eigenvalue weighted by atomic mass is 10.1. The number of nitrogens with two attached hydrogens (primary N) is 1. The Morgan fingerprint density at radius 1 is 1.36 bits per heavy atom. The lowest BCUT2D eigenvalue weighted by Crippen LogP contribution is -2.21. The fourth-order valence-electron chi connectivity index (χ4n) is 2.49. The molecule has 0 aliphatic heterocycles. The van der Waals surface area contributed by atoms with Crippen molar-refractivity contribution in [1.82, 2.24) is 9.55 Å². The van der Waals surface area contributed by atoms with E-state index in [-0.39, 0.29) is 5.97 Å². The number of para-hydroxylation sites is 1. The summed E-state index contributed by atoms with van der Waals surface area (Å²) in [4.78, 5) is 16.9. The maximum absolute atomic E-state index is 12.3. The lowest BCUT2D eigenvalue weighted by molar-refractivity contribution is -0.147. The Kier molecular flexibility index (Phi) is 5.06. The predicted molar refractivity (Wildman–Crippen MR) is 88.6 cm³/mol. The van der Waals surface area contributed by atoms with Gasteiger partial charge in [0.15, 0.2) is 0 Å². The van der Waals surface area contributed by atoms with Crippen molar-refractivity contribution in [2.75, 3.05) is 12.3 Å². The van der Waals surface area contributed by atoms with Crippen molar-refractivity contribution < 1.29 is 9.53 Å². The topological polar surface area (TPSA) is 70.1 Å². The number of aromatic nitrogens is 2. The third kappa shape index (κ3) is 3.24. The molecule has 22 heavy (non-hydrogen) atoms. The molecule has 0 radical (unpaired) electrons. The molecule has 0 saturated carbocycles. The summed E-state index contributed by atoms with van der Waals surface area (Å²) in [6.07, 6.45) is 1.61. The fourth-order valence-corrected chi connectivity index (χ4v) is 2.49. The van der Waals surface area contributed by atoms with E-state index in [1.807, 2.05) is 36.6 Å². The molecule has 1 heterocycles. The normalized spacial score (nSPS) is 12.8. The van der Waals surface area contributed by atoms with Crippen LogP contribution in [-0.4, -0.2) is 22.1 Å². The van der Waals surface area contributed by atoms with E-state index in [1.165, 1.54) is 0 Å². The van der Waals surface area contributed by atoms with E-state index in [1.54, 1.807) is 0 Å². The second-order valence-corrected chi connectivity index (χ2v) is 5.99. The largest absolute Gasteiger partial charge is 0.464 e. The summed E-state index contributed by atoms with van der Waals surface area (Å²) in [7, 11) is 0. The minimum Gasteiger partial charge on any atom is -0.464 e. The van der Waals surface area contributed by atoms with Crippen molar-refractivity contribution in [3.05, 3.63) is 24.0 Å². The van der Waals surface area contributed by atoms with E-state index in [0.29, 0.717) is 18.2 Å². The molecule has 5 nitrogen and oxygen atoms in total. The molecule has 0 aliphatic rings. The van der Waals surface area contributed by atoms with Gasteiger partial charge in [-0.3, -0.25) is 0 Å². The molecule has 5 heteroatoms. The van der Waals surface area contributed by atoms with Crippen LogP contribution in [-0.2, 0) is 16.0 Å². The molecule has 1 unspecified atom stereocenters. The van der Waals surface area contributed by atoms with Crippen LogP contribution >= 0.6 is 0 Å². The van der Waals surface area contributed by atoms with Crippen molar-refractivity contribution in [2.24, 2.45) is 5.92 Å². The van der Waals surface area contributed by atoms with Gasteiger partial charge in [0.25, 0.3) is 0 Å². The Morgan fingerprint density at radius 2 is 2.09 bits per heavy atom. The van der Waals surface area contributed by atoms with Crippen molar-refractivity contribution >= 4 is 22.7 Å². The van der Waals surface area contributed by atoms with Gasteiger partial charge in [0.2, 0.25) is 0 Å². The molecule has 0 saturated heterocycles. The summed E-state index contributed by atoms with van der Waals surface area (Å²) in [5.41, 5.74) is 8.25. The third-order valence-corrected chi connectivity index (χ3v) is 3.81. The molecule has 0 spiro atoms. The molecular weight excluding hydrogens is 278 g/mol. The highest BCUT2D eigenvalue weighted by Crippen LogP contribution is 2.26. The highest BCUT2D eigenvalue weighted by molar-refractivity contribution is 5.89. The van der Waals surface area contributed by atoms with Crippen LogP contribution in [0.1, 0.15) is 46.0 Å². The zero-order chi connectivity index (χ0) is 16.3. The Balaban J connectivity index is 2.28. The molecule has 1 atom stereocenters. The minimum atomic E-state index is -0.408. The number of rotatable bonds is 6. The molecule has 120 valence electrons. The quantitative estimate of drug-likeness (QED) is 0.656. The summed E-state index contributed by atoms with van der Waals surface area (Å²) in [6.45, 7) is 8.54. The number of benzene rings is 1. The van der Waals surface area contributed by atoms with Gasteiger partial charge in [-0.2, -0.15) is 0 Å². The second-order valence-electron chi connectivity index (χ2n) is 5.99. The Morgan fingerprint density at radius 3 is 2.73 bits per heavy atom. The van der Waals surface area contributed by atoms with Gasteiger partial charge < -0.3 is 15.0 Å². The van der Waals surface area contributed by atoms with Gasteiger partial charge in [0.05, 0.1) is 17.8 Å². The van der Waals surface area contributed by atoms with E-state index in [4.69, 9.17) is 10.5 Å². The van der Waals surface area contributed by atoms with Gasteiger partial charge in [-0.05, 0) is 31.4 Å². The van der Waals surface area contributed by atoms with Crippen LogP contribution in [0.15, 0.2) is 18.2 Å². The summed E-state index contributed by atoms with van der Waals surface area (Å²) < 4.78 is 7.33. The number of anilines is 1. The van der Waals surface area contributed by atoms with Crippen LogP contribution in [0.25, 0.3) is 11.0 Å². The van der Waals surface area contributed by atoms with Gasteiger partial charge in [0.1, 0.15) is 17.4 Å². The summed E-state index contributed by atoms with van der Waals surface area (Å²) in [5, 5.41) is 0. The van der Waals surface area contributed by atoms with Gasteiger partial charge in [-0.1, -0.05) is 26.8 Å². The lowest BCUT2D eigenvalue weighted by Gasteiger charge is -2.17. The minimum absolute atomic E-state index is 0.225. The number of ether oxygens (including phenoxy) is 1. The first-order chi connectivity index (χ1) is 10.5. The maximum atomic E-state index is 12.3. The molecule has 1 aromatic carbocycles. The Labute approximate surface area is 131 Å². The van der Waals surface area contributed by atoms with E-state index < -0.39 is 6.04 Å². The Bertz CT molecular complexity index is 661. The average Bonchev–Trinajstić information content (AvgIpc) is 2.86. The summed E-state index contributed by atoms with van der Waals surface area (Å²) in [6, 6.07) is 5.24. The number of fused-ring (bicyclic) bond motifs is 1. The van der Waals surface area contributed by atoms with Crippen LogP contribution < -0.4 is 5.73 Å². The molecule has 2 aromatic rings. The molecule has 2 N–H and O–H groups in total.